The number of nitrogens with zero attached hydrogens (tertiary/aromatic N) is 1. The van der Waals surface area contributed by atoms with E-state index in [1.165, 1.54) is 23.9 Å². The molecule has 1 aromatic carbocycles. The molecule has 0 bridgehead atoms. The third-order valence-electron chi connectivity index (χ3n) is 2.69. The van der Waals surface area contributed by atoms with Crippen LogP contribution >= 0.6 is 11.8 Å². The van der Waals surface area contributed by atoms with E-state index in [1.807, 2.05) is 0 Å². The van der Waals surface area contributed by atoms with Crippen molar-refractivity contribution in [2.75, 3.05) is 5.75 Å². The lowest BCUT2D eigenvalue weighted by Gasteiger charge is -2.21. The number of carboxylic acids is 1. The summed E-state index contributed by atoms with van der Waals surface area (Å²) < 4.78 is 5.03. The van der Waals surface area contributed by atoms with Crippen LogP contribution in [-0.4, -0.2) is 39.5 Å². The molecule has 1 atom stereocenters. The van der Waals surface area contributed by atoms with Crippen molar-refractivity contribution in [1.29, 1.82) is 0 Å². The topological polar surface area (TPSA) is 119 Å². The number of alkyl carbamates (subject to hydrolysis) is 1. The van der Waals surface area contributed by atoms with Gasteiger partial charge in [0.1, 0.15) is 11.6 Å². The monoisotopic (exact) mass is 356 g/mol. The number of nitro benzene ring substituents is 1. The number of nitro groups is 1. The lowest BCUT2D eigenvalue weighted by atomic mass is 10.2. The molecule has 0 saturated heterocycles. The van der Waals surface area contributed by atoms with Gasteiger partial charge >= 0.3 is 12.1 Å². The maximum Gasteiger partial charge on any atom is 0.408 e. The van der Waals surface area contributed by atoms with Crippen LogP contribution in [0.15, 0.2) is 24.3 Å². The van der Waals surface area contributed by atoms with Gasteiger partial charge in [0, 0.05) is 23.6 Å². The molecule has 0 aliphatic carbocycles. The molecule has 0 heterocycles. The number of non-ortho nitro benzene ring substituents is 1. The molecule has 0 spiro atoms. The molecule has 0 aromatic heterocycles. The van der Waals surface area contributed by atoms with Crippen LogP contribution in [0.1, 0.15) is 26.3 Å². The maximum absolute atomic E-state index is 11.6. The third kappa shape index (κ3) is 7.32. The van der Waals surface area contributed by atoms with Gasteiger partial charge < -0.3 is 15.2 Å². The summed E-state index contributed by atoms with van der Waals surface area (Å²) in [4.78, 5) is 32.9. The van der Waals surface area contributed by atoms with Crippen molar-refractivity contribution < 1.29 is 24.4 Å². The van der Waals surface area contributed by atoms with Crippen molar-refractivity contribution in [1.82, 2.24) is 5.32 Å². The number of carboxylic acid groups (broad SMARTS) is 1. The molecule has 1 aromatic rings. The molecule has 1 amide bonds. The number of carbonyl (C=O) groups excluding carboxylic acids is 1. The first-order valence-electron chi connectivity index (χ1n) is 7.12. The lowest BCUT2D eigenvalue weighted by molar-refractivity contribution is -0.384. The Balaban J connectivity index is 2.50. The van der Waals surface area contributed by atoms with E-state index >= 15 is 0 Å². The van der Waals surface area contributed by atoms with Gasteiger partial charge in [0.15, 0.2) is 0 Å². The summed E-state index contributed by atoms with van der Waals surface area (Å²) in [5, 5.41) is 22.0. The number of rotatable bonds is 7. The minimum absolute atomic E-state index is 0.00115. The van der Waals surface area contributed by atoms with Crippen LogP contribution in [0.5, 0.6) is 0 Å². The second kappa shape index (κ2) is 8.53. The molecular formula is C15H20N2O6S. The molecule has 8 nitrogen and oxygen atoms in total. The fraction of sp³-hybridized carbons (Fsp3) is 0.467. The molecule has 24 heavy (non-hydrogen) atoms. The lowest BCUT2D eigenvalue weighted by Crippen LogP contribution is -2.44. The van der Waals surface area contributed by atoms with Crippen molar-refractivity contribution in [3.05, 3.63) is 39.9 Å². The fourth-order valence-corrected chi connectivity index (χ4v) is 2.64. The average Bonchev–Trinajstić information content (AvgIpc) is 2.44. The van der Waals surface area contributed by atoms with Crippen LogP contribution < -0.4 is 5.32 Å². The molecule has 0 aliphatic heterocycles. The molecule has 0 fully saturated rings. The number of amides is 1. The van der Waals surface area contributed by atoms with E-state index in [2.05, 4.69) is 5.32 Å². The minimum Gasteiger partial charge on any atom is -0.480 e. The van der Waals surface area contributed by atoms with Crippen LogP contribution in [0.25, 0.3) is 0 Å². The molecule has 1 rings (SSSR count). The first-order chi connectivity index (χ1) is 11.1. The van der Waals surface area contributed by atoms with E-state index < -0.39 is 28.6 Å². The molecule has 132 valence electrons. The average molecular weight is 356 g/mol. The van der Waals surface area contributed by atoms with Gasteiger partial charge in [-0.05, 0) is 26.3 Å². The largest absolute Gasteiger partial charge is 0.480 e. The summed E-state index contributed by atoms with van der Waals surface area (Å²) in [5.74, 6) is -0.541. The number of thioether (sulfide) groups is 1. The molecule has 9 heteroatoms. The normalized spacial score (nSPS) is 12.3. The van der Waals surface area contributed by atoms with Gasteiger partial charge in [-0.15, -0.1) is 0 Å². The van der Waals surface area contributed by atoms with Crippen molar-refractivity contribution in [3.63, 3.8) is 0 Å². The zero-order valence-corrected chi connectivity index (χ0v) is 14.5. The van der Waals surface area contributed by atoms with E-state index in [-0.39, 0.29) is 11.4 Å². The van der Waals surface area contributed by atoms with Crippen LogP contribution in [0.3, 0.4) is 0 Å². The van der Waals surface area contributed by atoms with Crippen LogP contribution in [0.2, 0.25) is 0 Å². The second-order valence-electron chi connectivity index (χ2n) is 5.98. The number of hydrogen-bond donors (Lipinski definition) is 2. The van der Waals surface area contributed by atoms with Crippen molar-refractivity contribution in [2.24, 2.45) is 0 Å². The number of carbonyl (C=O) groups is 2. The van der Waals surface area contributed by atoms with Crippen LogP contribution in [-0.2, 0) is 15.3 Å². The molecule has 0 aliphatic rings. The standard InChI is InChI=1S/C15H20N2O6S/c1-15(2,3)23-14(20)16-12(13(18)19)9-24-8-10-4-6-11(7-5-10)17(21)22/h4-7,12H,8-9H2,1-3H3,(H,16,20)(H,18,19)/t12-/m0/s1. The van der Waals surface area contributed by atoms with Crippen molar-refractivity contribution >= 4 is 29.5 Å². The van der Waals surface area contributed by atoms with Gasteiger partial charge in [-0.1, -0.05) is 12.1 Å². The summed E-state index contributed by atoms with van der Waals surface area (Å²) in [6.07, 6.45) is -0.786. The van der Waals surface area contributed by atoms with Gasteiger partial charge in [0.25, 0.3) is 5.69 Å². The predicted molar refractivity (Wildman–Crippen MR) is 90.1 cm³/mol. The number of hydrogen-bond acceptors (Lipinski definition) is 6. The molecule has 2 N–H and O–H groups in total. The molecule has 0 radical (unpaired) electrons. The van der Waals surface area contributed by atoms with E-state index in [1.54, 1.807) is 32.9 Å². The van der Waals surface area contributed by atoms with E-state index in [9.17, 15) is 19.7 Å². The predicted octanol–water partition coefficient (Wildman–Crippen LogP) is 2.81. The van der Waals surface area contributed by atoms with Crippen molar-refractivity contribution in [2.45, 2.75) is 38.2 Å². The quantitative estimate of drug-likeness (QED) is 0.569. The van der Waals surface area contributed by atoms with Crippen LogP contribution in [0, 0.1) is 10.1 Å². The highest BCUT2D eigenvalue weighted by Gasteiger charge is 2.23. The Bertz CT molecular complexity index is 597. The van der Waals surface area contributed by atoms with E-state index in [0.29, 0.717) is 5.75 Å². The summed E-state index contributed by atoms with van der Waals surface area (Å²) in [7, 11) is 0. The Morgan fingerprint density at radius 1 is 1.33 bits per heavy atom. The molecular weight excluding hydrogens is 336 g/mol. The Labute approximate surface area is 143 Å². The Morgan fingerprint density at radius 3 is 2.38 bits per heavy atom. The highest BCUT2D eigenvalue weighted by molar-refractivity contribution is 7.98. The van der Waals surface area contributed by atoms with Gasteiger partial charge in [0.05, 0.1) is 4.92 Å². The van der Waals surface area contributed by atoms with Crippen LogP contribution in [0.4, 0.5) is 10.5 Å². The second-order valence-corrected chi connectivity index (χ2v) is 7.01. The maximum atomic E-state index is 11.6. The van der Waals surface area contributed by atoms with Gasteiger partial charge in [-0.25, -0.2) is 9.59 Å². The van der Waals surface area contributed by atoms with Gasteiger partial charge in [0.2, 0.25) is 0 Å². The number of aliphatic carboxylic acids is 1. The smallest absolute Gasteiger partial charge is 0.408 e. The zero-order chi connectivity index (χ0) is 18.3. The highest BCUT2D eigenvalue weighted by Crippen LogP contribution is 2.17. The summed E-state index contributed by atoms with van der Waals surface area (Å²) in [6, 6.07) is 4.93. The Hall–Kier alpha value is -2.29. The SMILES string of the molecule is CC(C)(C)OC(=O)N[C@@H](CSCc1ccc([N+](=O)[O-])cc1)C(=O)O. The third-order valence-corrected chi connectivity index (χ3v) is 3.80. The number of nitrogens with one attached hydrogen (secondary N) is 1. The Morgan fingerprint density at radius 2 is 1.92 bits per heavy atom. The number of benzene rings is 1. The summed E-state index contributed by atoms with van der Waals surface area (Å²) >= 11 is 1.30. The summed E-state index contributed by atoms with van der Waals surface area (Å²) in [6.45, 7) is 5.06. The fourth-order valence-electron chi connectivity index (χ4n) is 1.63. The zero-order valence-electron chi connectivity index (χ0n) is 13.6. The highest BCUT2D eigenvalue weighted by atomic mass is 32.2. The first-order valence-corrected chi connectivity index (χ1v) is 8.27. The molecule has 0 unspecified atom stereocenters. The number of ether oxygens (including phenoxy) is 1. The summed E-state index contributed by atoms with van der Waals surface area (Å²) in [5.41, 5.74) is 0.115. The minimum atomic E-state index is -1.16. The van der Waals surface area contributed by atoms with Gasteiger partial charge in [-0.3, -0.25) is 10.1 Å². The first kappa shape index (κ1) is 19.8. The van der Waals surface area contributed by atoms with E-state index in [4.69, 9.17) is 9.84 Å². The Kier molecular flexibility index (Phi) is 7.02. The van der Waals surface area contributed by atoms with Gasteiger partial charge in [-0.2, -0.15) is 11.8 Å². The molecule has 0 saturated carbocycles. The van der Waals surface area contributed by atoms with Crippen molar-refractivity contribution in [3.8, 4) is 0 Å². The van der Waals surface area contributed by atoms with E-state index in [0.717, 1.165) is 5.56 Å².